The Morgan fingerprint density at radius 1 is 0.571 bits per heavy atom. The maximum atomic E-state index is 3.56. The number of unbranched alkanes of at least 4 members (excludes halogenated alkanes) is 4. The molecule has 0 aliphatic heterocycles. The fourth-order valence-electron chi connectivity index (χ4n) is 2.26. The number of hydrogen-bond acceptors (Lipinski definition) is 3. The summed E-state index contributed by atoms with van der Waals surface area (Å²) in [6.45, 7) is 14.9. The van der Waals surface area contributed by atoms with E-state index >= 15 is 0 Å². The second-order valence-corrected chi connectivity index (χ2v) is 6.91. The first-order valence-electron chi connectivity index (χ1n) is 9.27. The number of rotatable bonds is 16. The van der Waals surface area contributed by atoms with Gasteiger partial charge in [-0.05, 0) is 70.7 Å². The maximum absolute atomic E-state index is 3.56. The van der Waals surface area contributed by atoms with Crippen LogP contribution in [0, 0.1) is 5.92 Å². The van der Waals surface area contributed by atoms with Crippen LogP contribution in [0.5, 0.6) is 0 Å². The zero-order chi connectivity index (χ0) is 15.8. The lowest BCUT2D eigenvalue weighted by atomic mass is 10.1. The highest BCUT2D eigenvalue weighted by molar-refractivity contribution is 4.56. The number of nitrogens with one attached hydrogen (secondary N) is 3. The first-order chi connectivity index (χ1) is 10.1. The Balaban J connectivity index is 2.96. The van der Waals surface area contributed by atoms with Gasteiger partial charge in [0.25, 0.3) is 0 Å². The molecule has 0 aromatic rings. The van der Waals surface area contributed by atoms with E-state index in [0.717, 1.165) is 5.92 Å². The molecule has 0 fully saturated rings. The Hall–Kier alpha value is -0.120. The summed E-state index contributed by atoms with van der Waals surface area (Å²) in [5.74, 6) is 0.822. The molecule has 0 unspecified atom stereocenters. The predicted octanol–water partition coefficient (Wildman–Crippen LogP) is 3.55. The molecule has 128 valence electrons. The largest absolute Gasteiger partial charge is 0.317 e. The Kier molecular flexibility index (Phi) is 16.2. The quantitative estimate of drug-likeness (QED) is 0.381. The van der Waals surface area contributed by atoms with Crippen molar-refractivity contribution in [3.8, 4) is 0 Å². The zero-order valence-corrected chi connectivity index (χ0v) is 15.1. The van der Waals surface area contributed by atoms with Gasteiger partial charge in [-0.1, -0.05) is 40.5 Å². The summed E-state index contributed by atoms with van der Waals surface area (Å²) in [5.41, 5.74) is 0. The molecule has 0 amide bonds. The van der Waals surface area contributed by atoms with Crippen molar-refractivity contribution >= 4 is 0 Å². The van der Waals surface area contributed by atoms with E-state index in [1.807, 2.05) is 0 Å². The van der Waals surface area contributed by atoms with E-state index in [9.17, 15) is 0 Å². The van der Waals surface area contributed by atoms with E-state index in [2.05, 4.69) is 43.6 Å². The van der Waals surface area contributed by atoms with Gasteiger partial charge in [-0.3, -0.25) is 0 Å². The highest BCUT2D eigenvalue weighted by Crippen LogP contribution is 1.98. The van der Waals surface area contributed by atoms with Crippen LogP contribution in [-0.2, 0) is 0 Å². The minimum Gasteiger partial charge on any atom is -0.317 e. The molecule has 0 saturated carbocycles. The molecular formula is C18H41N3. The second-order valence-electron chi connectivity index (χ2n) is 6.91. The van der Waals surface area contributed by atoms with Crippen molar-refractivity contribution in [1.29, 1.82) is 0 Å². The number of hydrogen-bond donors (Lipinski definition) is 3. The van der Waals surface area contributed by atoms with Crippen molar-refractivity contribution in [2.24, 2.45) is 5.92 Å². The molecule has 3 nitrogen and oxygen atoms in total. The van der Waals surface area contributed by atoms with Gasteiger partial charge in [0.2, 0.25) is 0 Å². The van der Waals surface area contributed by atoms with E-state index in [1.165, 1.54) is 77.7 Å². The van der Waals surface area contributed by atoms with Crippen molar-refractivity contribution in [3.05, 3.63) is 0 Å². The van der Waals surface area contributed by atoms with Crippen LogP contribution in [0.1, 0.15) is 72.6 Å². The van der Waals surface area contributed by atoms with Crippen LogP contribution in [0.2, 0.25) is 0 Å². The molecule has 0 aliphatic carbocycles. The minimum atomic E-state index is 0.628. The summed E-state index contributed by atoms with van der Waals surface area (Å²) in [7, 11) is 0. The van der Waals surface area contributed by atoms with Crippen LogP contribution >= 0.6 is 0 Å². The molecule has 0 aromatic heterocycles. The molecule has 0 atom stereocenters. The Morgan fingerprint density at radius 3 is 1.52 bits per heavy atom. The summed E-state index contributed by atoms with van der Waals surface area (Å²) in [5, 5.41) is 10.6. The lowest BCUT2D eigenvalue weighted by molar-refractivity contribution is 0.513. The molecule has 0 spiro atoms. The molecule has 21 heavy (non-hydrogen) atoms. The molecule has 0 heterocycles. The first kappa shape index (κ1) is 20.9. The average molecular weight is 300 g/mol. The molecule has 0 aromatic carbocycles. The van der Waals surface area contributed by atoms with Crippen LogP contribution in [0.4, 0.5) is 0 Å². The Morgan fingerprint density at radius 2 is 1.05 bits per heavy atom. The molecular weight excluding hydrogens is 258 g/mol. The molecule has 0 aliphatic rings. The molecule has 3 N–H and O–H groups in total. The smallest absolute Gasteiger partial charge is 0.00103 e. The van der Waals surface area contributed by atoms with Gasteiger partial charge in [0.1, 0.15) is 0 Å². The Bertz CT molecular complexity index is 173. The SMILES string of the molecule is CC(C)CCNCCCCCNCCCCCNC(C)C. The predicted molar refractivity (Wildman–Crippen MR) is 96.0 cm³/mol. The normalized spacial score (nSPS) is 11.7. The minimum absolute atomic E-state index is 0.628. The fraction of sp³-hybridized carbons (Fsp3) is 1.00. The first-order valence-corrected chi connectivity index (χ1v) is 9.27. The highest BCUT2D eigenvalue weighted by Gasteiger charge is 1.95. The Labute approximate surface area is 134 Å². The van der Waals surface area contributed by atoms with Crippen molar-refractivity contribution in [1.82, 2.24) is 16.0 Å². The van der Waals surface area contributed by atoms with Gasteiger partial charge in [-0.2, -0.15) is 0 Å². The van der Waals surface area contributed by atoms with Crippen LogP contribution in [0.15, 0.2) is 0 Å². The van der Waals surface area contributed by atoms with Gasteiger partial charge < -0.3 is 16.0 Å². The summed E-state index contributed by atoms with van der Waals surface area (Å²) >= 11 is 0. The van der Waals surface area contributed by atoms with Gasteiger partial charge in [0, 0.05) is 6.04 Å². The van der Waals surface area contributed by atoms with Gasteiger partial charge >= 0.3 is 0 Å². The third-order valence-electron chi connectivity index (χ3n) is 3.69. The zero-order valence-electron chi connectivity index (χ0n) is 15.1. The topological polar surface area (TPSA) is 36.1 Å². The monoisotopic (exact) mass is 299 g/mol. The average Bonchev–Trinajstić information content (AvgIpc) is 2.42. The second kappa shape index (κ2) is 16.3. The lowest BCUT2D eigenvalue weighted by Crippen LogP contribution is -2.24. The third-order valence-corrected chi connectivity index (χ3v) is 3.69. The lowest BCUT2D eigenvalue weighted by Gasteiger charge is -2.08. The fourth-order valence-corrected chi connectivity index (χ4v) is 2.26. The maximum Gasteiger partial charge on any atom is 0.00103 e. The van der Waals surface area contributed by atoms with Gasteiger partial charge in [0.05, 0.1) is 0 Å². The molecule has 0 bridgehead atoms. The summed E-state index contributed by atoms with van der Waals surface area (Å²) < 4.78 is 0. The summed E-state index contributed by atoms with van der Waals surface area (Å²) in [4.78, 5) is 0. The summed E-state index contributed by atoms with van der Waals surface area (Å²) in [6, 6.07) is 0.628. The van der Waals surface area contributed by atoms with Crippen LogP contribution in [0.25, 0.3) is 0 Å². The molecule has 0 radical (unpaired) electrons. The van der Waals surface area contributed by atoms with Crippen LogP contribution in [-0.4, -0.2) is 38.8 Å². The molecule has 0 saturated heterocycles. The van der Waals surface area contributed by atoms with E-state index in [0.29, 0.717) is 6.04 Å². The van der Waals surface area contributed by atoms with Crippen LogP contribution in [0.3, 0.4) is 0 Å². The van der Waals surface area contributed by atoms with Gasteiger partial charge in [-0.15, -0.1) is 0 Å². The van der Waals surface area contributed by atoms with Gasteiger partial charge in [0.15, 0.2) is 0 Å². The van der Waals surface area contributed by atoms with E-state index in [4.69, 9.17) is 0 Å². The third kappa shape index (κ3) is 19.9. The summed E-state index contributed by atoms with van der Waals surface area (Å²) in [6.07, 6.45) is 9.25. The molecule has 3 heteroatoms. The highest BCUT2D eigenvalue weighted by atomic mass is 14.9. The van der Waals surface area contributed by atoms with Crippen molar-refractivity contribution in [2.45, 2.75) is 78.7 Å². The van der Waals surface area contributed by atoms with E-state index < -0.39 is 0 Å². The van der Waals surface area contributed by atoms with Crippen molar-refractivity contribution in [3.63, 3.8) is 0 Å². The van der Waals surface area contributed by atoms with E-state index in [1.54, 1.807) is 0 Å². The van der Waals surface area contributed by atoms with Crippen molar-refractivity contribution in [2.75, 3.05) is 32.7 Å². The van der Waals surface area contributed by atoms with Crippen LogP contribution < -0.4 is 16.0 Å². The van der Waals surface area contributed by atoms with Crippen molar-refractivity contribution < 1.29 is 0 Å². The van der Waals surface area contributed by atoms with E-state index in [-0.39, 0.29) is 0 Å². The molecule has 0 rings (SSSR count). The standard InChI is InChI=1S/C18H41N3/c1-17(2)11-16-20-14-8-5-7-12-19-13-9-6-10-15-21-18(3)4/h17-21H,5-16H2,1-4H3. The van der Waals surface area contributed by atoms with Gasteiger partial charge in [-0.25, -0.2) is 0 Å².